The van der Waals surface area contributed by atoms with Gasteiger partial charge in [-0.3, -0.25) is 4.79 Å². The number of hydrogen-bond donors (Lipinski definition) is 2. The quantitative estimate of drug-likeness (QED) is 0.774. The highest BCUT2D eigenvalue weighted by molar-refractivity contribution is 7.90. The maximum atomic E-state index is 12.1. The number of carbonyl (C=O) groups is 2. The van der Waals surface area contributed by atoms with Crippen LogP contribution in [0.2, 0.25) is 0 Å². The van der Waals surface area contributed by atoms with Crippen molar-refractivity contribution < 1.29 is 22.7 Å². The van der Waals surface area contributed by atoms with Crippen LogP contribution in [0.15, 0.2) is 23.1 Å². The van der Waals surface area contributed by atoms with Gasteiger partial charge in [0, 0.05) is 11.9 Å². The lowest BCUT2D eigenvalue weighted by Crippen LogP contribution is -2.35. The van der Waals surface area contributed by atoms with Crippen molar-refractivity contribution in [3.8, 4) is 0 Å². The number of esters is 1. The van der Waals surface area contributed by atoms with E-state index in [4.69, 9.17) is 0 Å². The molecule has 0 bridgehead atoms. The fourth-order valence-corrected chi connectivity index (χ4v) is 2.94. The number of nitrogens with one attached hydrogen (secondary N) is 2. The Morgan fingerprint density at radius 1 is 1.30 bits per heavy atom. The smallest absolute Gasteiger partial charge is 0.337 e. The van der Waals surface area contributed by atoms with Gasteiger partial charge in [0.25, 0.3) is 0 Å². The molecule has 0 aliphatic carbocycles. The summed E-state index contributed by atoms with van der Waals surface area (Å²) >= 11 is 0. The molecule has 2 N–H and O–H groups in total. The zero-order valence-corrected chi connectivity index (χ0v) is 14.4. The average molecular weight is 363 g/mol. The zero-order chi connectivity index (χ0) is 16.3. The van der Waals surface area contributed by atoms with Gasteiger partial charge in [-0.05, 0) is 37.6 Å². The minimum atomic E-state index is -3.52. The van der Waals surface area contributed by atoms with Gasteiger partial charge >= 0.3 is 5.97 Å². The number of rotatable bonds is 4. The molecule has 2 rings (SSSR count). The normalized spacial score (nSPS) is 17.2. The molecule has 1 amide bonds. The van der Waals surface area contributed by atoms with Crippen molar-refractivity contribution in [2.75, 3.05) is 25.2 Å². The van der Waals surface area contributed by atoms with E-state index in [-0.39, 0.29) is 40.5 Å². The van der Waals surface area contributed by atoms with Crippen molar-refractivity contribution in [1.29, 1.82) is 0 Å². The van der Waals surface area contributed by atoms with E-state index in [9.17, 15) is 18.0 Å². The van der Waals surface area contributed by atoms with Crippen LogP contribution in [0.25, 0.3) is 0 Å². The zero-order valence-electron chi connectivity index (χ0n) is 12.8. The highest BCUT2D eigenvalue weighted by Crippen LogP contribution is 2.20. The van der Waals surface area contributed by atoms with E-state index in [1.165, 1.54) is 25.3 Å². The predicted octanol–water partition coefficient (Wildman–Crippen LogP) is 0.989. The first-order valence-electron chi connectivity index (χ1n) is 6.79. The third-order valence-corrected chi connectivity index (χ3v) is 4.49. The Balaban J connectivity index is 0.00000264. The van der Waals surface area contributed by atoms with Gasteiger partial charge in [0.15, 0.2) is 9.84 Å². The second-order valence-electron chi connectivity index (χ2n) is 5.15. The van der Waals surface area contributed by atoms with Gasteiger partial charge in [0.1, 0.15) is 0 Å². The molecule has 1 aromatic rings. The Bertz CT molecular complexity index is 699. The second kappa shape index (κ2) is 7.76. The highest BCUT2D eigenvalue weighted by atomic mass is 35.5. The van der Waals surface area contributed by atoms with E-state index in [0.717, 1.165) is 25.6 Å². The summed E-state index contributed by atoms with van der Waals surface area (Å²) in [5, 5.41) is 5.69. The molecule has 1 aromatic carbocycles. The molecule has 0 saturated carbocycles. The number of ether oxygens (including phenoxy) is 1. The molecule has 0 radical (unpaired) electrons. The highest BCUT2D eigenvalue weighted by Gasteiger charge is 2.23. The maximum Gasteiger partial charge on any atom is 0.337 e. The molecule has 9 heteroatoms. The van der Waals surface area contributed by atoms with Gasteiger partial charge in [-0.1, -0.05) is 0 Å². The van der Waals surface area contributed by atoms with Gasteiger partial charge in [0.05, 0.1) is 23.6 Å². The van der Waals surface area contributed by atoms with Crippen molar-refractivity contribution in [1.82, 2.24) is 5.32 Å². The monoisotopic (exact) mass is 362 g/mol. The molecule has 1 aliphatic rings. The topological polar surface area (TPSA) is 102 Å². The van der Waals surface area contributed by atoms with Crippen LogP contribution in [0.1, 0.15) is 23.2 Å². The fraction of sp³-hybridized carbons (Fsp3) is 0.429. The van der Waals surface area contributed by atoms with Gasteiger partial charge in [-0.2, -0.15) is 0 Å². The lowest BCUT2D eigenvalue weighted by molar-refractivity contribution is -0.117. The van der Waals surface area contributed by atoms with Crippen molar-refractivity contribution in [2.24, 2.45) is 0 Å². The van der Waals surface area contributed by atoms with Crippen molar-refractivity contribution >= 4 is 39.8 Å². The third kappa shape index (κ3) is 4.92. The number of hydrogen-bond acceptors (Lipinski definition) is 6. The molecular weight excluding hydrogens is 344 g/mol. The van der Waals surface area contributed by atoms with E-state index in [1.807, 2.05) is 0 Å². The number of sulfone groups is 1. The van der Waals surface area contributed by atoms with E-state index in [0.29, 0.717) is 0 Å². The molecular formula is C14H19ClN2O5S. The number of halogens is 1. The lowest BCUT2D eigenvalue weighted by atomic mass is 10.1. The standard InChI is InChI=1S/C14H18N2O5S.ClH/c1-21-14(18)9-6-10(8-11(7-9)22(2,19)20)16-13(17)12-4-3-5-15-12;/h6-8,12,15H,3-5H2,1-2H3,(H,16,17);1H. The molecule has 0 spiro atoms. The second-order valence-corrected chi connectivity index (χ2v) is 7.16. The number of carbonyl (C=O) groups excluding carboxylic acids is 2. The SMILES string of the molecule is COC(=O)c1cc(NC(=O)C2CCCN2)cc(S(C)(=O)=O)c1.Cl. The van der Waals surface area contributed by atoms with E-state index in [2.05, 4.69) is 15.4 Å². The molecule has 1 atom stereocenters. The Labute approximate surface area is 141 Å². The largest absolute Gasteiger partial charge is 0.465 e. The van der Waals surface area contributed by atoms with Crippen LogP contribution in [0.5, 0.6) is 0 Å². The molecule has 1 fully saturated rings. The summed E-state index contributed by atoms with van der Waals surface area (Å²) in [5.41, 5.74) is 0.321. The molecule has 128 valence electrons. The minimum Gasteiger partial charge on any atom is -0.465 e. The van der Waals surface area contributed by atoms with Gasteiger partial charge in [-0.25, -0.2) is 13.2 Å². The molecule has 1 unspecified atom stereocenters. The summed E-state index contributed by atoms with van der Waals surface area (Å²) in [6.07, 6.45) is 2.67. The van der Waals surface area contributed by atoms with Gasteiger partial charge in [-0.15, -0.1) is 12.4 Å². The molecule has 1 aliphatic heterocycles. The van der Waals surface area contributed by atoms with E-state index >= 15 is 0 Å². The molecule has 23 heavy (non-hydrogen) atoms. The Morgan fingerprint density at radius 3 is 2.52 bits per heavy atom. The first kappa shape index (κ1) is 19.4. The number of amides is 1. The summed E-state index contributed by atoms with van der Waals surface area (Å²) < 4.78 is 28.0. The lowest BCUT2D eigenvalue weighted by Gasteiger charge is -2.13. The molecule has 1 heterocycles. The fourth-order valence-electron chi connectivity index (χ4n) is 2.26. The van der Waals surface area contributed by atoms with E-state index < -0.39 is 15.8 Å². The minimum absolute atomic E-state index is 0. The molecule has 7 nitrogen and oxygen atoms in total. The third-order valence-electron chi connectivity index (χ3n) is 3.40. The first-order chi connectivity index (χ1) is 10.3. The van der Waals surface area contributed by atoms with Crippen molar-refractivity contribution in [3.63, 3.8) is 0 Å². The predicted molar refractivity (Wildman–Crippen MR) is 87.8 cm³/mol. The van der Waals surface area contributed by atoms with Crippen LogP contribution in [0.4, 0.5) is 5.69 Å². The van der Waals surface area contributed by atoms with Crippen LogP contribution >= 0.6 is 12.4 Å². The summed E-state index contributed by atoms with van der Waals surface area (Å²) in [6.45, 7) is 0.773. The van der Waals surface area contributed by atoms with Crippen LogP contribution in [-0.4, -0.2) is 46.2 Å². The van der Waals surface area contributed by atoms with Crippen molar-refractivity contribution in [3.05, 3.63) is 23.8 Å². The van der Waals surface area contributed by atoms with Crippen LogP contribution < -0.4 is 10.6 Å². The number of methoxy groups -OCH3 is 1. The first-order valence-corrected chi connectivity index (χ1v) is 8.68. The summed E-state index contributed by atoms with van der Waals surface area (Å²) in [5.74, 6) is -0.918. The van der Waals surface area contributed by atoms with E-state index in [1.54, 1.807) is 0 Å². The van der Waals surface area contributed by atoms with Crippen LogP contribution in [0, 0.1) is 0 Å². The molecule has 0 aromatic heterocycles. The molecule has 1 saturated heterocycles. The van der Waals surface area contributed by atoms with Crippen LogP contribution in [-0.2, 0) is 19.4 Å². The summed E-state index contributed by atoms with van der Waals surface area (Å²) in [6, 6.07) is 3.65. The van der Waals surface area contributed by atoms with Crippen molar-refractivity contribution in [2.45, 2.75) is 23.8 Å². The summed E-state index contributed by atoms with van der Waals surface area (Å²) in [4.78, 5) is 23.7. The maximum absolute atomic E-state index is 12.1. The Kier molecular flexibility index (Phi) is 6.55. The summed E-state index contributed by atoms with van der Waals surface area (Å²) in [7, 11) is -2.31. The number of anilines is 1. The van der Waals surface area contributed by atoms with Crippen LogP contribution in [0.3, 0.4) is 0 Å². The average Bonchev–Trinajstić information content (AvgIpc) is 2.99. The van der Waals surface area contributed by atoms with Gasteiger partial charge < -0.3 is 15.4 Å². The Hall–Kier alpha value is -1.64. The number of benzene rings is 1. The van der Waals surface area contributed by atoms with Gasteiger partial charge in [0.2, 0.25) is 5.91 Å². The Morgan fingerprint density at radius 2 is 2.00 bits per heavy atom.